The van der Waals surface area contributed by atoms with Gasteiger partial charge in [-0.2, -0.15) is 0 Å². The van der Waals surface area contributed by atoms with Gasteiger partial charge in [0, 0.05) is 4.47 Å². The summed E-state index contributed by atoms with van der Waals surface area (Å²) in [7, 11) is 1.49. The molecule has 1 aromatic carbocycles. The van der Waals surface area contributed by atoms with Gasteiger partial charge >= 0.3 is 12.0 Å². The van der Waals surface area contributed by atoms with Gasteiger partial charge in [-0.15, -0.1) is 0 Å². The average molecular weight is 345 g/mol. The Hall–Kier alpha value is -1.76. The summed E-state index contributed by atoms with van der Waals surface area (Å²) in [6.45, 7) is 3.14. The highest BCUT2D eigenvalue weighted by atomic mass is 79.9. The molecule has 1 rings (SSSR count). The highest BCUT2D eigenvalue weighted by molar-refractivity contribution is 9.10. The van der Waals surface area contributed by atoms with Crippen molar-refractivity contribution in [2.24, 2.45) is 0 Å². The summed E-state index contributed by atoms with van der Waals surface area (Å²) < 4.78 is 5.89. The number of halogens is 1. The van der Waals surface area contributed by atoms with Gasteiger partial charge in [0.1, 0.15) is 11.3 Å². The Labute approximate surface area is 125 Å². The molecule has 0 aliphatic heterocycles. The summed E-state index contributed by atoms with van der Waals surface area (Å²) in [6, 6.07) is 4.53. The van der Waals surface area contributed by atoms with Gasteiger partial charge in [0.15, 0.2) is 0 Å². The maximum Gasteiger partial charge on any atom is 0.329 e. The molecule has 2 amide bonds. The number of carboxylic acids is 1. The minimum atomic E-state index is -1.32. The van der Waals surface area contributed by atoms with Crippen molar-refractivity contribution >= 4 is 33.6 Å². The minimum absolute atomic E-state index is 0.269. The lowest BCUT2D eigenvalue weighted by Crippen LogP contribution is -2.53. The number of methoxy groups -OCH3 is 1. The SMILES string of the molecule is CCC(C)(NC(=O)Nc1cc(Br)ccc1OC)C(=O)O. The molecule has 1 unspecified atom stereocenters. The first kappa shape index (κ1) is 16.3. The van der Waals surface area contributed by atoms with Gasteiger partial charge in [-0.25, -0.2) is 9.59 Å². The molecule has 7 heteroatoms. The summed E-state index contributed by atoms with van der Waals surface area (Å²) in [4.78, 5) is 23.1. The Morgan fingerprint density at radius 1 is 1.45 bits per heavy atom. The lowest BCUT2D eigenvalue weighted by molar-refractivity contribution is -0.143. The Kier molecular flexibility index (Phi) is 5.38. The van der Waals surface area contributed by atoms with Crippen molar-refractivity contribution in [2.45, 2.75) is 25.8 Å². The Bertz CT molecular complexity index is 521. The summed E-state index contributed by atoms with van der Waals surface area (Å²) in [6.07, 6.45) is 0.269. The normalized spacial score (nSPS) is 13.2. The van der Waals surface area contributed by atoms with Crippen LogP contribution in [0.1, 0.15) is 20.3 Å². The second-order valence-corrected chi connectivity index (χ2v) is 5.33. The van der Waals surface area contributed by atoms with E-state index in [0.717, 1.165) is 4.47 Å². The number of nitrogens with one attached hydrogen (secondary N) is 2. The second-order valence-electron chi connectivity index (χ2n) is 4.41. The number of anilines is 1. The van der Waals surface area contributed by atoms with E-state index in [-0.39, 0.29) is 6.42 Å². The molecule has 20 heavy (non-hydrogen) atoms. The Balaban J connectivity index is 2.86. The predicted molar refractivity (Wildman–Crippen MR) is 79.2 cm³/mol. The van der Waals surface area contributed by atoms with Crippen LogP contribution in [0.3, 0.4) is 0 Å². The van der Waals surface area contributed by atoms with Gasteiger partial charge in [0.05, 0.1) is 12.8 Å². The zero-order valence-corrected chi connectivity index (χ0v) is 13.1. The van der Waals surface area contributed by atoms with Crippen molar-refractivity contribution in [1.82, 2.24) is 5.32 Å². The second kappa shape index (κ2) is 6.60. The van der Waals surface area contributed by atoms with Crippen LogP contribution < -0.4 is 15.4 Å². The molecule has 0 aliphatic rings. The van der Waals surface area contributed by atoms with E-state index in [1.807, 2.05) is 0 Å². The Morgan fingerprint density at radius 3 is 2.60 bits per heavy atom. The molecule has 3 N–H and O–H groups in total. The molecular weight excluding hydrogens is 328 g/mol. The van der Waals surface area contributed by atoms with Gasteiger partial charge in [-0.05, 0) is 31.5 Å². The van der Waals surface area contributed by atoms with E-state index in [1.165, 1.54) is 14.0 Å². The fraction of sp³-hybridized carbons (Fsp3) is 0.385. The van der Waals surface area contributed by atoms with E-state index in [0.29, 0.717) is 11.4 Å². The number of hydrogen-bond donors (Lipinski definition) is 3. The van der Waals surface area contributed by atoms with Crippen molar-refractivity contribution in [2.75, 3.05) is 12.4 Å². The van der Waals surface area contributed by atoms with Crippen molar-refractivity contribution in [3.63, 3.8) is 0 Å². The van der Waals surface area contributed by atoms with Crippen molar-refractivity contribution in [3.8, 4) is 5.75 Å². The van der Waals surface area contributed by atoms with Crippen LogP contribution in [-0.2, 0) is 4.79 Å². The number of urea groups is 1. The third-order valence-corrected chi connectivity index (χ3v) is 3.47. The number of hydrogen-bond acceptors (Lipinski definition) is 3. The average Bonchev–Trinajstić information content (AvgIpc) is 2.38. The van der Waals surface area contributed by atoms with Crippen LogP contribution in [0.25, 0.3) is 0 Å². The van der Waals surface area contributed by atoms with E-state index in [2.05, 4.69) is 26.6 Å². The zero-order valence-electron chi connectivity index (χ0n) is 11.5. The molecular formula is C13H17BrN2O4. The van der Waals surface area contributed by atoms with E-state index in [9.17, 15) is 9.59 Å². The van der Waals surface area contributed by atoms with Gasteiger partial charge in [0.25, 0.3) is 0 Å². The topological polar surface area (TPSA) is 87.7 Å². The number of carbonyl (C=O) groups excluding carboxylic acids is 1. The van der Waals surface area contributed by atoms with Crippen LogP contribution in [0.4, 0.5) is 10.5 Å². The molecule has 0 saturated heterocycles. The van der Waals surface area contributed by atoms with Crippen molar-refractivity contribution in [1.29, 1.82) is 0 Å². The van der Waals surface area contributed by atoms with Crippen LogP contribution in [-0.4, -0.2) is 29.8 Å². The number of carboxylic acid groups (broad SMARTS) is 1. The number of aliphatic carboxylic acids is 1. The third-order valence-electron chi connectivity index (χ3n) is 2.98. The van der Waals surface area contributed by atoms with Gasteiger partial charge in [0.2, 0.25) is 0 Å². The molecule has 0 spiro atoms. The standard InChI is InChI=1S/C13H17BrN2O4/c1-4-13(2,11(17)18)16-12(19)15-9-7-8(14)5-6-10(9)20-3/h5-7H,4H2,1-3H3,(H,17,18)(H2,15,16,19). The number of rotatable bonds is 5. The Morgan fingerprint density at radius 2 is 2.10 bits per heavy atom. The number of amides is 2. The first-order valence-electron chi connectivity index (χ1n) is 5.98. The zero-order chi connectivity index (χ0) is 15.3. The summed E-state index contributed by atoms with van der Waals surface area (Å²) in [5.41, 5.74) is -0.869. The van der Waals surface area contributed by atoms with Gasteiger partial charge in [-0.1, -0.05) is 22.9 Å². The van der Waals surface area contributed by atoms with E-state index < -0.39 is 17.5 Å². The van der Waals surface area contributed by atoms with Gasteiger partial charge in [-0.3, -0.25) is 0 Å². The number of ether oxygens (including phenoxy) is 1. The molecule has 1 aromatic rings. The van der Waals surface area contributed by atoms with Crippen LogP contribution in [0.2, 0.25) is 0 Å². The monoisotopic (exact) mass is 344 g/mol. The van der Waals surface area contributed by atoms with Crippen LogP contribution in [0, 0.1) is 0 Å². The first-order valence-corrected chi connectivity index (χ1v) is 6.77. The summed E-state index contributed by atoms with van der Waals surface area (Å²) in [5.74, 6) is -0.603. The molecule has 0 bridgehead atoms. The van der Waals surface area contributed by atoms with Crippen molar-refractivity contribution < 1.29 is 19.4 Å². The van der Waals surface area contributed by atoms with E-state index >= 15 is 0 Å². The minimum Gasteiger partial charge on any atom is -0.495 e. The summed E-state index contributed by atoms with van der Waals surface area (Å²) >= 11 is 3.29. The quantitative estimate of drug-likeness (QED) is 0.766. The van der Waals surface area contributed by atoms with Crippen LogP contribution >= 0.6 is 15.9 Å². The van der Waals surface area contributed by atoms with Crippen LogP contribution in [0.15, 0.2) is 22.7 Å². The first-order chi connectivity index (χ1) is 9.32. The molecule has 0 radical (unpaired) electrons. The smallest absolute Gasteiger partial charge is 0.329 e. The predicted octanol–water partition coefficient (Wildman–Crippen LogP) is 2.83. The molecule has 0 heterocycles. The molecule has 0 fully saturated rings. The lowest BCUT2D eigenvalue weighted by atomic mass is 10.00. The third kappa shape index (κ3) is 3.86. The molecule has 6 nitrogen and oxygen atoms in total. The molecule has 0 aliphatic carbocycles. The highest BCUT2D eigenvalue weighted by Crippen LogP contribution is 2.27. The van der Waals surface area contributed by atoms with E-state index in [1.54, 1.807) is 25.1 Å². The fourth-order valence-corrected chi connectivity index (χ4v) is 1.84. The highest BCUT2D eigenvalue weighted by Gasteiger charge is 2.32. The van der Waals surface area contributed by atoms with Crippen molar-refractivity contribution in [3.05, 3.63) is 22.7 Å². The fourth-order valence-electron chi connectivity index (χ4n) is 1.48. The summed E-state index contributed by atoms with van der Waals surface area (Å²) in [5, 5.41) is 14.1. The molecule has 1 atom stereocenters. The molecule has 0 saturated carbocycles. The maximum atomic E-state index is 11.9. The largest absolute Gasteiger partial charge is 0.495 e. The number of carbonyl (C=O) groups is 2. The van der Waals surface area contributed by atoms with Gasteiger partial charge < -0.3 is 20.5 Å². The van der Waals surface area contributed by atoms with E-state index in [4.69, 9.17) is 9.84 Å². The molecule has 0 aromatic heterocycles. The maximum absolute atomic E-state index is 11.9. The number of benzene rings is 1. The van der Waals surface area contributed by atoms with Crippen LogP contribution in [0.5, 0.6) is 5.75 Å². The molecule has 110 valence electrons. The lowest BCUT2D eigenvalue weighted by Gasteiger charge is -2.24.